The van der Waals surface area contributed by atoms with Crippen molar-refractivity contribution in [2.24, 2.45) is 0 Å². The summed E-state index contributed by atoms with van der Waals surface area (Å²) in [5, 5.41) is 2.48. The van der Waals surface area contributed by atoms with E-state index in [4.69, 9.17) is 4.74 Å². The van der Waals surface area contributed by atoms with E-state index in [1.807, 2.05) is 6.07 Å². The molecular formula is C15H18O. The Balaban J connectivity index is 2.33. The minimum Gasteiger partial charge on any atom is -0.488 e. The van der Waals surface area contributed by atoms with Crippen molar-refractivity contribution in [1.29, 1.82) is 0 Å². The highest BCUT2D eigenvalue weighted by Gasteiger charge is 2.16. The van der Waals surface area contributed by atoms with Gasteiger partial charge >= 0.3 is 0 Å². The third-order valence-electron chi connectivity index (χ3n) is 2.97. The van der Waals surface area contributed by atoms with Gasteiger partial charge in [0.1, 0.15) is 11.4 Å². The van der Waals surface area contributed by atoms with E-state index in [2.05, 4.69) is 57.2 Å². The fourth-order valence-electron chi connectivity index (χ4n) is 1.62. The van der Waals surface area contributed by atoms with E-state index in [-0.39, 0.29) is 5.60 Å². The van der Waals surface area contributed by atoms with Crippen molar-refractivity contribution in [2.75, 3.05) is 0 Å². The van der Waals surface area contributed by atoms with Crippen molar-refractivity contribution >= 4 is 10.8 Å². The number of hydrogen-bond donors (Lipinski definition) is 0. The minimum absolute atomic E-state index is 0.0948. The molecule has 0 atom stereocenters. The Bertz CT molecular complexity index is 486. The standard InChI is InChI=1S/C15H18O/c1-4-15(2,3)16-14-10-9-12-7-5-6-8-13(12)11-14/h5-11H,4H2,1-3H3. The molecule has 0 N–H and O–H groups in total. The minimum atomic E-state index is -0.0948. The molecule has 0 spiro atoms. The molecule has 2 aromatic carbocycles. The fourth-order valence-corrected chi connectivity index (χ4v) is 1.62. The van der Waals surface area contributed by atoms with Crippen LogP contribution < -0.4 is 4.74 Å². The Hall–Kier alpha value is -1.50. The highest BCUT2D eigenvalue weighted by atomic mass is 16.5. The predicted molar refractivity (Wildman–Crippen MR) is 68.9 cm³/mol. The Kier molecular flexibility index (Phi) is 2.86. The second-order valence-corrected chi connectivity index (χ2v) is 4.72. The van der Waals surface area contributed by atoms with Gasteiger partial charge in [0.05, 0.1) is 0 Å². The summed E-state index contributed by atoms with van der Waals surface area (Å²) < 4.78 is 5.96. The number of rotatable bonds is 3. The molecule has 0 aromatic heterocycles. The molecule has 0 fully saturated rings. The SMILES string of the molecule is CCC(C)(C)Oc1ccc2ccccc2c1. The van der Waals surface area contributed by atoms with Gasteiger partial charge in [-0.15, -0.1) is 0 Å². The van der Waals surface area contributed by atoms with Crippen LogP contribution in [0.2, 0.25) is 0 Å². The summed E-state index contributed by atoms with van der Waals surface area (Å²) >= 11 is 0. The molecule has 16 heavy (non-hydrogen) atoms. The predicted octanol–water partition coefficient (Wildman–Crippen LogP) is 4.41. The van der Waals surface area contributed by atoms with Crippen LogP contribution >= 0.6 is 0 Å². The molecule has 2 aromatic rings. The first-order valence-electron chi connectivity index (χ1n) is 5.78. The summed E-state index contributed by atoms with van der Waals surface area (Å²) in [6.07, 6.45) is 1.000. The average Bonchev–Trinajstić information content (AvgIpc) is 2.28. The van der Waals surface area contributed by atoms with E-state index in [9.17, 15) is 0 Å². The number of hydrogen-bond acceptors (Lipinski definition) is 1. The summed E-state index contributed by atoms with van der Waals surface area (Å²) in [4.78, 5) is 0. The van der Waals surface area contributed by atoms with Gasteiger partial charge in [-0.1, -0.05) is 37.3 Å². The molecule has 84 valence electrons. The molecule has 0 aliphatic carbocycles. The quantitative estimate of drug-likeness (QED) is 0.735. The highest BCUT2D eigenvalue weighted by Crippen LogP contribution is 2.25. The second-order valence-electron chi connectivity index (χ2n) is 4.72. The monoisotopic (exact) mass is 214 g/mol. The summed E-state index contributed by atoms with van der Waals surface area (Å²) in [5.41, 5.74) is -0.0948. The molecule has 0 radical (unpaired) electrons. The van der Waals surface area contributed by atoms with Crippen LogP contribution in [0, 0.1) is 0 Å². The molecule has 2 rings (SSSR count). The maximum absolute atomic E-state index is 5.96. The number of fused-ring (bicyclic) bond motifs is 1. The normalized spacial score (nSPS) is 11.7. The first-order chi connectivity index (χ1) is 7.61. The van der Waals surface area contributed by atoms with E-state index in [1.54, 1.807) is 0 Å². The summed E-state index contributed by atoms with van der Waals surface area (Å²) in [6.45, 7) is 6.37. The molecule has 0 aliphatic rings. The van der Waals surface area contributed by atoms with Gasteiger partial charge in [0.25, 0.3) is 0 Å². The fraction of sp³-hybridized carbons (Fsp3) is 0.333. The summed E-state index contributed by atoms with van der Waals surface area (Å²) in [5.74, 6) is 0.950. The van der Waals surface area contributed by atoms with Gasteiger partial charge in [0.2, 0.25) is 0 Å². The molecule has 0 aliphatic heterocycles. The molecule has 0 saturated carbocycles. The van der Waals surface area contributed by atoms with Crippen LogP contribution in [-0.4, -0.2) is 5.60 Å². The summed E-state index contributed by atoms with van der Waals surface area (Å²) in [7, 11) is 0. The lowest BCUT2D eigenvalue weighted by Crippen LogP contribution is -2.26. The zero-order chi connectivity index (χ0) is 11.6. The lowest BCUT2D eigenvalue weighted by molar-refractivity contribution is 0.105. The smallest absolute Gasteiger partial charge is 0.120 e. The molecular weight excluding hydrogens is 196 g/mol. The zero-order valence-corrected chi connectivity index (χ0v) is 10.2. The van der Waals surface area contributed by atoms with Crippen LogP contribution in [-0.2, 0) is 0 Å². The van der Waals surface area contributed by atoms with Crippen molar-refractivity contribution in [1.82, 2.24) is 0 Å². The van der Waals surface area contributed by atoms with E-state index in [1.165, 1.54) is 10.8 Å². The third kappa shape index (κ3) is 2.35. The van der Waals surface area contributed by atoms with Crippen LogP contribution in [0.5, 0.6) is 5.75 Å². The van der Waals surface area contributed by atoms with Crippen molar-refractivity contribution < 1.29 is 4.74 Å². The van der Waals surface area contributed by atoms with Gasteiger partial charge in [-0.25, -0.2) is 0 Å². The van der Waals surface area contributed by atoms with Crippen LogP contribution in [0.1, 0.15) is 27.2 Å². The van der Waals surface area contributed by atoms with E-state index < -0.39 is 0 Å². The van der Waals surface area contributed by atoms with Gasteiger partial charge < -0.3 is 4.74 Å². The lowest BCUT2D eigenvalue weighted by atomic mass is 10.1. The maximum atomic E-state index is 5.96. The van der Waals surface area contributed by atoms with Gasteiger partial charge in [-0.3, -0.25) is 0 Å². The van der Waals surface area contributed by atoms with Crippen molar-refractivity contribution in [3.05, 3.63) is 42.5 Å². The van der Waals surface area contributed by atoms with Crippen molar-refractivity contribution in [3.63, 3.8) is 0 Å². The zero-order valence-electron chi connectivity index (χ0n) is 10.2. The average molecular weight is 214 g/mol. The van der Waals surface area contributed by atoms with Crippen molar-refractivity contribution in [3.8, 4) is 5.75 Å². The maximum Gasteiger partial charge on any atom is 0.120 e. The first kappa shape index (κ1) is 11.0. The van der Waals surface area contributed by atoms with E-state index >= 15 is 0 Å². The second kappa shape index (κ2) is 4.17. The summed E-state index contributed by atoms with van der Waals surface area (Å²) in [6, 6.07) is 14.6. The topological polar surface area (TPSA) is 9.23 Å². The highest BCUT2D eigenvalue weighted by molar-refractivity contribution is 5.83. The molecule has 0 amide bonds. The molecule has 0 bridgehead atoms. The third-order valence-corrected chi connectivity index (χ3v) is 2.97. The molecule has 0 unspecified atom stereocenters. The van der Waals surface area contributed by atoms with Gasteiger partial charge in [-0.05, 0) is 43.2 Å². The van der Waals surface area contributed by atoms with E-state index in [0.29, 0.717) is 0 Å². The van der Waals surface area contributed by atoms with Crippen LogP contribution in [0.25, 0.3) is 10.8 Å². The first-order valence-corrected chi connectivity index (χ1v) is 5.78. The van der Waals surface area contributed by atoms with Gasteiger partial charge in [0.15, 0.2) is 0 Å². The number of ether oxygens (including phenoxy) is 1. The Morgan fingerprint density at radius 3 is 2.38 bits per heavy atom. The van der Waals surface area contributed by atoms with Crippen molar-refractivity contribution in [2.45, 2.75) is 32.8 Å². The molecule has 0 heterocycles. The van der Waals surface area contributed by atoms with Gasteiger partial charge in [-0.2, -0.15) is 0 Å². The Labute approximate surface area is 97.1 Å². The largest absolute Gasteiger partial charge is 0.488 e. The van der Waals surface area contributed by atoms with E-state index in [0.717, 1.165) is 12.2 Å². The van der Waals surface area contributed by atoms with Gasteiger partial charge in [0, 0.05) is 0 Å². The number of benzene rings is 2. The molecule has 1 nitrogen and oxygen atoms in total. The lowest BCUT2D eigenvalue weighted by Gasteiger charge is -2.25. The molecule has 0 saturated heterocycles. The van der Waals surface area contributed by atoms with Crippen LogP contribution in [0.4, 0.5) is 0 Å². The van der Waals surface area contributed by atoms with Crippen LogP contribution in [0.3, 0.4) is 0 Å². The molecule has 1 heteroatoms. The Morgan fingerprint density at radius 1 is 1.00 bits per heavy atom. The van der Waals surface area contributed by atoms with Crippen LogP contribution in [0.15, 0.2) is 42.5 Å². The Morgan fingerprint density at radius 2 is 1.69 bits per heavy atom.